The standard InChI is InChI=1S/C22H38N4O2/c1-26(2)11-10-24-22(27)14-18-8-9-23-16-19(18)13-20-15-21(28-25-20)12-17-6-4-3-5-7-17/h15,17-19,23H,3-14,16H2,1-2H3,(H,24,27)/t18-,19-/m0/s1. The number of hydrogen-bond acceptors (Lipinski definition) is 5. The summed E-state index contributed by atoms with van der Waals surface area (Å²) < 4.78 is 5.65. The third-order valence-corrected chi connectivity index (χ3v) is 6.39. The predicted octanol–water partition coefficient (Wildman–Crippen LogP) is 2.63. The molecular formula is C22H38N4O2. The van der Waals surface area contributed by atoms with Gasteiger partial charge in [0.25, 0.3) is 0 Å². The first kappa shape index (κ1) is 21.3. The average Bonchev–Trinajstić information content (AvgIpc) is 3.11. The normalized spacial score (nSPS) is 23.8. The number of carbonyl (C=O) groups is 1. The van der Waals surface area contributed by atoms with Crippen molar-refractivity contribution in [1.82, 2.24) is 20.7 Å². The lowest BCUT2D eigenvalue weighted by Gasteiger charge is -2.31. The van der Waals surface area contributed by atoms with Crippen LogP contribution in [0.1, 0.15) is 56.4 Å². The summed E-state index contributed by atoms with van der Waals surface area (Å²) in [6, 6.07) is 2.16. The van der Waals surface area contributed by atoms with Gasteiger partial charge in [0.2, 0.25) is 5.91 Å². The molecule has 6 heteroatoms. The Labute approximate surface area is 169 Å². The van der Waals surface area contributed by atoms with E-state index in [-0.39, 0.29) is 5.91 Å². The summed E-state index contributed by atoms with van der Waals surface area (Å²) in [4.78, 5) is 14.4. The molecule has 3 rings (SSSR count). The van der Waals surface area contributed by atoms with Crippen molar-refractivity contribution >= 4 is 5.91 Å². The van der Waals surface area contributed by atoms with Gasteiger partial charge in [-0.15, -0.1) is 0 Å². The highest BCUT2D eigenvalue weighted by Crippen LogP contribution is 2.29. The van der Waals surface area contributed by atoms with Crippen LogP contribution in [0.2, 0.25) is 0 Å². The van der Waals surface area contributed by atoms with E-state index in [0.29, 0.717) is 18.3 Å². The van der Waals surface area contributed by atoms with Crippen molar-refractivity contribution in [2.45, 2.75) is 57.8 Å². The molecule has 1 saturated carbocycles. The second kappa shape index (κ2) is 11.0. The van der Waals surface area contributed by atoms with Gasteiger partial charge in [0.15, 0.2) is 0 Å². The second-order valence-corrected chi connectivity index (χ2v) is 9.07. The summed E-state index contributed by atoms with van der Waals surface area (Å²) in [6.07, 6.45) is 10.4. The first-order valence-corrected chi connectivity index (χ1v) is 11.2. The SMILES string of the molecule is CN(C)CCNC(=O)C[C@@H]1CCNC[C@@H]1Cc1cc(CC2CCCCC2)on1. The van der Waals surface area contributed by atoms with Gasteiger partial charge in [0, 0.05) is 32.0 Å². The van der Waals surface area contributed by atoms with E-state index < -0.39 is 0 Å². The Morgan fingerprint density at radius 3 is 2.82 bits per heavy atom. The topological polar surface area (TPSA) is 70.4 Å². The Kier molecular flexibility index (Phi) is 8.34. The molecule has 1 aromatic heterocycles. The summed E-state index contributed by atoms with van der Waals surface area (Å²) in [6.45, 7) is 3.55. The fourth-order valence-electron chi connectivity index (χ4n) is 4.71. The minimum Gasteiger partial charge on any atom is -0.361 e. The zero-order valence-electron chi connectivity index (χ0n) is 17.7. The van der Waals surface area contributed by atoms with Crippen molar-refractivity contribution in [2.75, 3.05) is 40.3 Å². The molecule has 2 atom stereocenters. The number of amides is 1. The number of nitrogens with zero attached hydrogens (tertiary/aromatic N) is 2. The summed E-state index contributed by atoms with van der Waals surface area (Å²) in [5.74, 6) is 2.85. The number of nitrogens with one attached hydrogen (secondary N) is 2. The molecule has 0 aromatic carbocycles. The van der Waals surface area contributed by atoms with Crippen molar-refractivity contribution in [2.24, 2.45) is 17.8 Å². The molecule has 1 aliphatic heterocycles. The van der Waals surface area contributed by atoms with E-state index in [9.17, 15) is 4.79 Å². The predicted molar refractivity (Wildman–Crippen MR) is 111 cm³/mol. The Bertz CT molecular complexity index is 595. The maximum atomic E-state index is 12.3. The van der Waals surface area contributed by atoms with Gasteiger partial charge >= 0.3 is 0 Å². The first-order valence-electron chi connectivity index (χ1n) is 11.2. The molecular weight excluding hydrogens is 352 g/mol. The van der Waals surface area contributed by atoms with Gasteiger partial charge in [-0.05, 0) is 57.8 Å². The molecule has 1 aliphatic carbocycles. The van der Waals surface area contributed by atoms with Crippen LogP contribution in [0.5, 0.6) is 0 Å². The molecule has 0 radical (unpaired) electrons. The summed E-state index contributed by atoms with van der Waals surface area (Å²) in [5.41, 5.74) is 1.05. The van der Waals surface area contributed by atoms with E-state index in [0.717, 1.165) is 62.8 Å². The molecule has 0 spiro atoms. The number of aromatic nitrogens is 1. The highest BCUT2D eigenvalue weighted by atomic mass is 16.5. The lowest BCUT2D eigenvalue weighted by molar-refractivity contribution is -0.122. The van der Waals surface area contributed by atoms with Gasteiger partial charge < -0.3 is 20.1 Å². The van der Waals surface area contributed by atoms with E-state index in [1.54, 1.807) is 0 Å². The lowest BCUT2D eigenvalue weighted by Crippen LogP contribution is -2.41. The van der Waals surface area contributed by atoms with Crippen LogP contribution < -0.4 is 10.6 Å². The minimum atomic E-state index is 0.178. The van der Waals surface area contributed by atoms with E-state index >= 15 is 0 Å². The zero-order valence-corrected chi connectivity index (χ0v) is 17.7. The molecule has 1 amide bonds. The van der Waals surface area contributed by atoms with Crippen LogP contribution in [0.3, 0.4) is 0 Å². The van der Waals surface area contributed by atoms with Gasteiger partial charge in [0.05, 0.1) is 5.69 Å². The maximum Gasteiger partial charge on any atom is 0.220 e. The van der Waals surface area contributed by atoms with Crippen LogP contribution in [-0.2, 0) is 17.6 Å². The Morgan fingerprint density at radius 2 is 2.04 bits per heavy atom. The maximum absolute atomic E-state index is 12.3. The molecule has 28 heavy (non-hydrogen) atoms. The molecule has 0 unspecified atom stereocenters. The number of rotatable bonds is 9. The third-order valence-electron chi connectivity index (χ3n) is 6.39. The highest BCUT2D eigenvalue weighted by Gasteiger charge is 2.28. The average molecular weight is 391 g/mol. The molecule has 0 bridgehead atoms. The van der Waals surface area contributed by atoms with Crippen LogP contribution in [0.15, 0.2) is 10.6 Å². The van der Waals surface area contributed by atoms with E-state index in [1.807, 2.05) is 14.1 Å². The van der Waals surface area contributed by atoms with Crippen LogP contribution in [0.25, 0.3) is 0 Å². The quantitative estimate of drug-likeness (QED) is 0.678. The summed E-state index contributed by atoms with van der Waals surface area (Å²) >= 11 is 0. The molecule has 2 heterocycles. The molecule has 1 saturated heterocycles. The fraction of sp³-hybridized carbons (Fsp3) is 0.818. The number of carbonyl (C=O) groups excluding carboxylic acids is 1. The molecule has 1 aromatic rings. The highest BCUT2D eigenvalue weighted by molar-refractivity contribution is 5.76. The molecule has 6 nitrogen and oxygen atoms in total. The smallest absolute Gasteiger partial charge is 0.220 e. The Balaban J connectivity index is 1.48. The van der Waals surface area contributed by atoms with Crippen LogP contribution in [-0.4, -0.2) is 56.2 Å². The van der Waals surface area contributed by atoms with Crippen molar-refractivity contribution in [1.29, 1.82) is 0 Å². The Hall–Kier alpha value is -1.40. The van der Waals surface area contributed by atoms with Gasteiger partial charge in [-0.2, -0.15) is 0 Å². The van der Waals surface area contributed by atoms with E-state index in [1.165, 1.54) is 32.1 Å². The fourth-order valence-corrected chi connectivity index (χ4v) is 4.71. The van der Waals surface area contributed by atoms with E-state index in [2.05, 4.69) is 26.8 Å². The monoisotopic (exact) mass is 390 g/mol. The molecule has 2 N–H and O–H groups in total. The minimum absolute atomic E-state index is 0.178. The largest absolute Gasteiger partial charge is 0.361 e. The van der Waals surface area contributed by atoms with Crippen LogP contribution in [0.4, 0.5) is 0 Å². The van der Waals surface area contributed by atoms with Crippen molar-refractivity contribution in [3.05, 3.63) is 17.5 Å². The number of piperidine rings is 1. The molecule has 2 aliphatic rings. The van der Waals surface area contributed by atoms with Gasteiger partial charge in [-0.25, -0.2) is 0 Å². The van der Waals surface area contributed by atoms with Crippen molar-refractivity contribution < 1.29 is 9.32 Å². The third kappa shape index (κ3) is 6.89. The molecule has 2 fully saturated rings. The second-order valence-electron chi connectivity index (χ2n) is 9.07. The van der Waals surface area contributed by atoms with Crippen molar-refractivity contribution in [3.8, 4) is 0 Å². The van der Waals surface area contributed by atoms with Crippen molar-refractivity contribution in [3.63, 3.8) is 0 Å². The molecule has 158 valence electrons. The van der Waals surface area contributed by atoms with Crippen LogP contribution >= 0.6 is 0 Å². The summed E-state index contributed by atoms with van der Waals surface area (Å²) in [5, 5.41) is 10.9. The van der Waals surface area contributed by atoms with Gasteiger partial charge in [-0.1, -0.05) is 37.3 Å². The number of hydrogen-bond donors (Lipinski definition) is 2. The first-order chi connectivity index (χ1) is 13.6. The van der Waals surface area contributed by atoms with Gasteiger partial charge in [0.1, 0.15) is 5.76 Å². The van der Waals surface area contributed by atoms with Crippen LogP contribution in [0, 0.1) is 17.8 Å². The number of likely N-dealkylation sites (N-methyl/N-ethyl adjacent to an activating group) is 1. The van der Waals surface area contributed by atoms with Gasteiger partial charge in [-0.3, -0.25) is 4.79 Å². The van der Waals surface area contributed by atoms with E-state index in [4.69, 9.17) is 4.52 Å². The lowest BCUT2D eigenvalue weighted by atomic mass is 9.81. The Morgan fingerprint density at radius 1 is 1.21 bits per heavy atom. The zero-order chi connectivity index (χ0) is 19.8. The summed E-state index contributed by atoms with van der Waals surface area (Å²) in [7, 11) is 4.05.